The molecular weight excluding hydrogens is 254 g/mol. The molecule has 5 heteroatoms. The summed E-state index contributed by atoms with van der Waals surface area (Å²) in [6, 6.07) is 0. The molecular formula is C15H31N3O2. The van der Waals surface area contributed by atoms with Crippen molar-refractivity contribution in [3.8, 4) is 0 Å². The summed E-state index contributed by atoms with van der Waals surface area (Å²) in [5.74, 6) is 0.249. The molecule has 1 amide bonds. The van der Waals surface area contributed by atoms with Crippen LogP contribution in [0.1, 0.15) is 40.0 Å². The van der Waals surface area contributed by atoms with E-state index in [4.69, 9.17) is 4.74 Å². The van der Waals surface area contributed by atoms with Gasteiger partial charge in [0.1, 0.15) is 0 Å². The first-order chi connectivity index (χ1) is 9.48. The summed E-state index contributed by atoms with van der Waals surface area (Å²) in [6.45, 7) is 9.55. The molecule has 1 rings (SSSR count). The van der Waals surface area contributed by atoms with Crippen molar-refractivity contribution >= 4 is 5.91 Å². The summed E-state index contributed by atoms with van der Waals surface area (Å²) in [4.78, 5) is 16.8. The Kier molecular flexibility index (Phi) is 6.92. The Morgan fingerprint density at radius 3 is 2.65 bits per heavy atom. The Morgan fingerprint density at radius 1 is 1.40 bits per heavy atom. The molecule has 1 heterocycles. The van der Waals surface area contributed by atoms with Crippen molar-refractivity contribution in [3.63, 3.8) is 0 Å². The van der Waals surface area contributed by atoms with Gasteiger partial charge in [-0.05, 0) is 26.8 Å². The minimum atomic E-state index is -0.384. The predicted molar refractivity (Wildman–Crippen MR) is 81.6 cm³/mol. The lowest BCUT2D eigenvalue weighted by Crippen LogP contribution is -2.44. The molecule has 1 aliphatic rings. The van der Waals surface area contributed by atoms with E-state index in [2.05, 4.69) is 31.1 Å². The third kappa shape index (κ3) is 4.17. The second-order valence-corrected chi connectivity index (χ2v) is 5.93. The number of nitrogens with one attached hydrogen (secondary N) is 1. The minimum absolute atomic E-state index is 0.188. The SMILES string of the molecule is CCCC1NC(C)(CC)C(=O)N1CCN(C)CCOC. The van der Waals surface area contributed by atoms with E-state index in [9.17, 15) is 4.79 Å². The number of carbonyl (C=O) groups excluding carboxylic acids is 1. The number of methoxy groups -OCH3 is 1. The van der Waals surface area contributed by atoms with E-state index in [1.165, 1.54) is 0 Å². The van der Waals surface area contributed by atoms with Crippen LogP contribution in [0.5, 0.6) is 0 Å². The summed E-state index contributed by atoms with van der Waals surface area (Å²) in [7, 11) is 3.78. The van der Waals surface area contributed by atoms with Crippen LogP contribution in [0.3, 0.4) is 0 Å². The van der Waals surface area contributed by atoms with E-state index in [1.807, 2.05) is 11.8 Å². The highest BCUT2D eigenvalue weighted by Gasteiger charge is 2.45. The molecule has 118 valence electrons. The fraction of sp³-hybridized carbons (Fsp3) is 0.933. The number of carbonyl (C=O) groups is 1. The van der Waals surface area contributed by atoms with Gasteiger partial charge in [-0.15, -0.1) is 0 Å². The normalized spacial score (nSPS) is 26.8. The van der Waals surface area contributed by atoms with Crippen molar-refractivity contribution in [3.05, 3.63) is 0 Å². The summed E-state index contributed by atoms with van der Waals surface area (Å²) >= 11 is 0. The molecule has 1 aliphatic heterocycles. The third-order valence-corrected chi connectivity index (χ3v) is 4.26. The fourth-order valence-electron chi connectivity index (χ4n) is 2.62. The van der Waals surface area contributed by atoms with Crippen molar-refractivity contribution in [2.45, 2.75) is 51.7 Å². The predicted octanol–water partition coefficient (Wildman–Crippen LogP) is 1.29. The molecule has 1 N–H and O–H groups in total. The summed E-state index contributed by atoms with van der Waals surface area (Å²) in [5, 5.41) is 3.52. The third-order valence-electron chi connectivity index (χ3n) is 4.26. The Labute approximate surface area is 123 Å². The quantitative estimate of drug-likeness (QED) is 0.693. The first kappa shape index (κ1) is 17.4. The zero-order chi connectivity index (χ0) is 15.2. The van der Waals surface area contributed by atoms with Crippen molar-refractivity contribution in [1.29, 1.82) is 0 Å². The van der Waals surface area contributed by atoms with Crippen LogP contribution in [0.15, 0.2) is 0 Å². The molecule has 20 heavy (non-hydrogen) atoms. The fourth-order valence-corrected chi connectivity index (χ4v) is 2.62. The molecule has 1 fully saturated rings. The van der Waals surface area contributed by atoms with E-state index in [0.717, 1.165) is 45.5 Å². The van der Waals surface area contributed by atoms with Crippen LogP contribution < -0.4 is 5.32 Å². The maximum atomic E-state index is 12.6. The number of amides is 1. The standard InChI is InChI=1S/C15H31N3O2/c1-6-8-13-16-15(3,7-2)14(19)18(13)10-9-17(4)11-12-20-5/h13,16H,6-12H2,1-5H3. The smallest absolute Gasteiger partial charge is 0.243 e. The van der Waals surface area contributed by atoms with Crippen molar-refractivity contribution in [2.24, 2.45) is 0 Å². The largest absolute Gasteiger partial charge is 0.383 e. The second kappa shape index (κ2) is 7.96. The maximum absolute atomic E-state index is 12.6. The lowest BCUT2D eigenvalue weighted by atomic mass is 9.99. The van der Waals surface area contributed by atoms with Crippen LogP contribution in [0.25, 0.3) is 0 Å². The Hall–Kier alpha value is -0.650. The molecule has 0 aromatic heterocycles. The Balaban J connectivity index is 2.58. The molecule has 0 saturated carbocycles. The minimum Gasteiger partial charge on any atom is -0.383 e. The van der Waals surface area contributed by atoms with Gasteiger partial charge in [-0.25, -0.2) is 0 Å². The van der Waals surface area contributed by atoms with Gasteiger partial charge in [-0.3, -0.25) is 10.1 Å². The lowest BCUT2D eigenvalue weighted by Gasteiger charge is -2.26. The van der Waals surface area contributed by atoms with E-state index >= 15 is 0 Å². The molecule has 0 aromatic rings. The first-order valence-electron chi connectivity index (χ1n) is 7.74. The molecule has 1 saturated heterocycles. The van der Waals surface area contributed by atoms with E-state index in [-0.39, 0.29) is 17.6 Å². The summed E-state index contributed by atoms with van der Waals surface area (Å²) in [5.41, 5.74) is -0.384. The zero-order valence-corrected chi connectivity index (χ0v) is 13.7. The van der Waals surface area contributed by atoms with Crippen LogP contribution in [0, 0.1) is 0 Å². The monoisotopic (exact) mass is 285 g/mol. The molecule has 0 aromatic carbocycles. The molecule has 0 radical (unpaired) electrons. The van der Waals surface area contributed by atoms with Gasteiger partial charge in [-0.1, -0.05) is 20.3 Å². The van der Waals surface area contributed by atoms with E-state index in [1.54, 1.807) is 7.11 Å². The van der Waals surface area contributed by atoms with Crippen LogP contribution in [0.2, 0.25) is 0 Å². The van der Waals surface area contributed by atoms with Gasteiger partial charge in [0.15, 0.2) is 0 Å². The second-order valence-electron chi connectivity index (χ2n) is 5.93. The lowest BCUT2D eigenvalue weighted by molar-refractivity contribution is -0.133. The Morgan fingerprint density at radius 2 is 2.10 bits per heavy atom. The highest BCUT2D eigenvalue weighted by molar-refractivity contribution is 5.88. The molecule has 0 bridgehead atoms. The topological polar surface area (TPSA) is 44.8 Å². The number of rotatable bonds is 9. The number of hydrogen-bond acceptors (Lipinski definition) is 4. The van der Waals surface area contributed by atoms with Gasteiger partial charge in [0.2, 0.25) is 5.91 Å². The number of likely N-dealkylation sites (N-methyl/N-ethyl adjacent to an activating group) is 1. The zero-order valence-electron chi connectivity index (χ0n) is 13.7. The molecule has 2 atom stereocenters. The molecule has 2 unspecified atom stereocenters. The van der Waals surface area contributed by atoms with Crippen molar-refractivity contribution in [2.75, 3.05) is 40.4 Å². The highest BCUT2D eigenvalue weighted by atomic mass is 16.5. The van der Waals surface area contributed by atoms with Gasteiger partial charge in [0, 0.05) is 26.7 Å². The van der Waals surface area contributed by atoms with Crippen LogP contribution >= 0.6 is 0 Å². The van der Waals surface area contributed by atoms with Crippen LogP contribution in [0.4, 0.5) is 0 Å². The summed E-state index contributed by atoms with van der Waals surface area (Å²) < 4.78 is 5.08. The van der Waals surface area contributed by atoms with Gasteiger partial charge < -0.3 is 14.5 Å². The molecule has 0 aliphatic carbocycles. The van der Waals surface area contributed by atoms with E-state index in [0.29, 0.717) is 0 Å². The average Bonchev–Trinajstić information content (AvgIpc) is 2.67. The Bertz CT molecular complexity index is 311. The van der Waals surface area contributed by atoms with Gasteiger partial charge in [0.05, 0.1) is 18.3 Å². The maximum Gasteiger partial charge on any atom is 0.243 e. The van der Waals surface area contributed by atoms with Gasteiger partial charge >= 0.3 is 0 Å². The van der Waals surface area contributed by atoms with Crippen molar-refractivity contribution < 1.29 is 9.53 Å². The highest BCUT2D eigenvalue weighted by Crippen LogP contribution is 2.25. The van der Waals surface area contributed by atoms with Gasteiger partial charge in [-0.2, -0.15) is 0 Å². The number of hydrogen-bond donors (Lipinski definition) is 1. The van der Waals surface area contributed by atoms with Crippen LogP contribution in [-0.2, 0) is 9.53 Å². The number of ether oxygens (including phenoxy) is 1. The number of nitrogens with zero attached hydrogens (tertiary/aromatic N) is 2. The van der Waals surface area contributed by atoms with Crippen molar-refractivity contribution in [1.82, 2.24) is 15.1 Å². The molecule has 5 nitrogen and oxygen atoms in total. The average molecular weight is 285 g/mol. The first-order valence-corrected chi connectivity index (χ1v) is 7.74. The van der Waals surface area contributed by atoms with Gasteiger partial charge in [0.25, 0.3) is 0 Å². The molecule has 0 spiro atoms. The summed E-state index contributed by atoms with van der Waals surface area (Å²) in [6.07, 6.45) is 3.12. The van der Waals surface area contributed by atoms with Crippen LogP contribution in [-0.4, -0.2) is 67.8 Å². The van der Waals surface area contributed by atoms with E-state index < -0.39 is 0 Å².